The van der Waals surface area contributed by atoms with Gasteiger partial charge in [0.15, 0.2) is 0 Å². The van der Waals surface area contributed by atoms with E-state index in [0.29, 0.717) is 25.2 Å². The van der Waals surface area contributed by atoms with Crippen LogP contribution in [0.25, 0.3) is 0 Å². The maximum absolute atomic E-state index is 13.3. The summed E-state index contributed by atoms with van der Waals surface area (Å²) < 4.78 is 13.3. The lowest BCUT2D eigenvalue weighted by atomic mass is 10.0. The van der Waals surface area contributed by atoms with Gasteiger partial charge in [0.05, 0.1) is 0 Å². The Bertz CT molecular complexity index is 536. The first-order valence-corrected chi connectivity index (χ1v) is 7.65. The van der Waals surface area contributed by atoms with E-state index in [1.165, 1.54) is 18.2 Å². The Morgan fingerprint density at radius 2 is 2.18 bits per heavy atom. The quantitative estimate of drug-likeness (QED) is 0.860. The van der Waals surface area contributed by atoms with Gasteiger partial charge in [-0.1, -0.05) is 6.07 Å². The van der Waals surface area contributed by atoms with Gasteiger partial charge >= 0.3 is 0 Å². The molecule has 120 valence electrons. The van der Waals surface area contributed by atoms with Gasteiger partial charge in [-0.05, 0) is 37.5 Å². The molecule has 6 heteroatoms. The highest BCUT2D eigenvalue weighted by Crippen LogP contribution is 2.19. The maximum atomic E-state index is 13.3. The van der Waals surface area contributed by atoms with Crippen LogP contribution in [0.4, 0.5) is 4.39 Å². The van der Waals surface area contributed by atoms with Crippen LogP contribution in [-0.2, 0) is 4.79 Å². The van der Waals surface area contributed by atoms with Crippen LogP contribution in [0.5, 0.6) is 0 Å². The second kappa shape index (κ2) is 7.89. The average Bonchev–Trinajstić information content (AvgIpc) is 2.53. The van der Waals surface area contributed by atoms with E-state index >= 15 is 0 Å². The molecule has 22 heavy (non-hydrogen) atoms. The largest absolute Gasteiger partial charge is 0.354 e. The zero-order chi connectivity index (χ0) is 15.9. The molecule has 0 bridgehead atoms. The summed E-state index contributed by atoms with van der Waals surface area (Å²) in [6, 6.07) is 5.67. The van der Waals surface area contributed by atoms with Crippen LogP contribution in [0, 0.1) is 5.82 Å². The van der Waals surface area contributed by atoms with Gasteiger partial charge in [-0.3, -0.25) is 9.59 Å². The third-order valence-electron chi connectivity index (χ3n) is 3.87. The van der Waals surface area contributed by atoms with Crippen molar-refractivity contribution in [1.82, 2.24) is 10.2 Å². The molecule has 0 aliphatic carbocycles. The van der Waals surface area contributed by atoms with Crippen LogP contribution < -0.4 is 11.1 Å². The van der Waals surface area contributed by atoms with Crippen molar-refractivity contribution in [2.45, 2.75) is 31.7 Å². The lowest BCUT2D eigenvalue weighted by molar-refractivity contribution is -0.121. The minimum absolute atomic E-state index is 0.0498. The van der Waals surface area contributed by atoms with E-state index in [-0.39, 0.29) is 24.3 Å². The lowest BCUT2D eigenvalue weighted by Crippen LogP contribution is -2.49. The third kappa shape index (κ3) is 4.27. The van der Waals surface area contributed by atoms with E-state index in [1.807, 2.05) is 0 Å². The predicted octanol–water partition coefficient (Wildman–Crippen LogP) is 1.29. The number of carbonyl (C=O) groups excluding carboxylic acids is 2. The van der Waals surface area contributed by atoms with Gasteiger partial charge < -0.3 is 16.0 Å². The van der Waals surface area contributed by atoms with Crippen LogP contribution in [0.2, 0.25) is 0 Å². The summed E-state index contributed by atoms with van der Waals surface area (Å²) in [6.45, 7) is 1.36. The molecule has 3 N–H and O–H groups in total. The number of hydrogen-bond donors (Lipinski definition) is 2. The molecule has 1 heterocycles. The van der Waals surface area contributed by atoms with Crippen molar-refractivity contribution in [3.8, 4) is 0 Å². The van der Waals surface area contributed by atoms with Gasteiger partial charge in [-0.15, -0.1) is 0 Å². The second-order valence-corrected chi connectivity index (χ2v) is 5.50. The van der Waals surface area contributed by atoms with Gasteiger partial charge in [0.1, 0.15) is 5.82 Å². The SMILES string of the molecule is NCCC(=O)NCC1CCCCN1C(=O)c1cccc(F)c1. The minimum Gasteiger partial charge on any atom is -0.354 e. The fraction of sp³-hybridized carbons (Fsp3) is 0.500. The van der Waals surface area contributed by atoms with Crippen LogP contribution in [0.1, 0.15) is 36.0 Å². The van der Waals surface area contributed by atoms with Gasteiger partial charge in [-0.2, -0.15) is 0 Å². The molecule has 1 aromatic rings. The summed E-state index contributed by atoms with van der Waals surface area (Å²) in [5.41, 5.74) is 5.69. The van der Waals surface area contributed by atoms with Crippen molar-refractivity contribution in [3.05, 3.63) is 35.6 Å². The molecule has 1 unspecified atom stereocenters. The molecule has 0 saturated carbocycles. The topological polar surface area (TPSA) is 75.4 Å². The Balaban J connectivity index is 2.02. The van der Waals surface area contributed by atoms with Crippen LogP contribution in [0.3, 0.4) is 0 Å². The smallest absolute Gasteiger partial charge is 0.254 e. The molecule has 2 rings (SSSR count). The highest BCUT2D eigenvalue weighted by atomic mass is 19.1. The Labute approximate surface area is 129 Å². The predicted molar refractivity (Wildman–Crippen MR) is 81.8 cm³/mol. The summed E-state index contributed by atoms with van der Waals surface area (Å²) in [5, 5.41) is 2.81. The first-order chi connectivity index (χ1) is 10.6. The number of nitrogens with two attached hydrogens (primary N) is 1. The van der Waals surface area contributed by atoms with Crippen molar-refractivity contribution in [2.75, 3.05) is 19.6 Å². The molecule has 1 atom stereocenters. The van der Waals surface area contributed by atoms with E-state index in [2.05, 4.69) is 5.32 Å². The van der Waals surface area contributed by atoms with Gasteiger partial charge in [-0.25, -0.2) is 4.39 Å². The fourth-order valence-corrected chi connectivity index (χ4v) is 2.72. The number of carbonyl (C=O) groups is 2. The number of nitrogens with one attached hydrogen (secondary N) is 1. The number of piperidine rings is 1. The third-order valence-corrected chi connectivity index (χ3v) is 3.87. The monoisotopic (exact) mass is 307 g/mol. The number of benzene rings is 1. The minimum atomic E-state index is -0.421. The molecule has 0 radical (unpaired) electrons. The molecule has 1 fully saturated rings. The zero-order valence-corrected chi connectivity index (χ0v) is 12.6. The first kappa shape index (κ1) is 16.4. The van der Waals surface area contributed by atoms with E-state index in [1.54, 1.807) is 11.0 Å². The molecule has 1 aromatic carbocycles. The molecule has 1 aliphatic rings. The summed E-state index contributed by atoms with van der Waals surface area (Å²) in [6.07, 6.45) is 3.06. The molecule has 5 nitrogen and oxygen atoms in total. The molecular formula is C16H22FN3O2. The van der Waals surface area contributed by atoms with Crippen molar-refractivity contribution in [2.24, 2.45) is 5.73 Å². The fourth-order valence-electron chi connectivity index (χ4n) is 2.72. The Morgan fingerprint density at radius 1 is 1.36 bits per heavy atom. The summed E-state index contributed by atoms with van der Waals surface area (Å²) in [5.74, 6) is -0.709. The maximum Gasteiger partial charge on any atom is 0.254 e. The number of halogens is 1. The number of likely N-dealkylation sites (tertiary alicyclic amines) is 1. The van der Waals surface area contributed by atoms with Crippen LogP contribution >= 0.6 is 0 Å². The number of hydrogen-bond acceptors (Lipinski definition) is 3. The lowest BCUT2D eigenvalue weighted by Gasteiger charge is -2.36. The molecule has 1 aliphatic heterocycles. The average molecular weight is 307 g/mol. The van der Waals surface area contributed by atoms with Gasteiger partial charge in [0.25, 0.3) is 5.91 Å². The standard InChI is InChI=1S/C16H22FN3O2/c17-13-5-3-4-12(10-13)16(22)20-9-2-1-6-14(20)11-19-15(21)7-8-18/h3-5,10,14H,1-2,6-9,11,18H2,(H,19,21). The first-order valence-electron chi connectivity index (χ1n) is 7.65. The van der Waals surface area contributed by atoms with Crippen LogP contribution in [0.15, 0.2) is 24.3 Å². The highest BCUT2D eigenvalue weighted by Gasteiger charge is 2.27. The molecule has 0 spiro atoms. The zero-order valence-electron chi connectivity index (χ0n) is 12.6. The van der Waals surface area contributed by atoms with E-state index in [4.69, 9.17) is 5.73 Å². The van der Waals surface area contributed by atoms with Crippen molar-refractivity contribution in [3.63, 3.8) is 0 Å². The highest BCUT2D eigenvalue weighted by molar-refractivity contribution is 5.94. The van der Waals surface area contributed by atoms with Gasteiger partial charge in [0, 0.05) is 37.7 Å². The van der Waals surface area contributed by atoms with E-state index in [0.717, 1.165) is 19.3 Å². The summed E-state index contributed by atoms with van der Waals surface area (Å²) in [7, 11) is 0. The molecule has 2 amide bonds. The Hall–Kier alpha value is -1.95. The van der Waals surface area contributed by atoms with Gasteiger partial charge in [0.2, 0.25) is 5.91 Å². The summed E-state index contributed by atoms with van der Waals surface area (Å²) >= 11 is 0. The van der Waals surface area contributed by atoms with Crippen molar-refractivity contribution >= 4 is 11.8 Å². The van der Waals surface area contributed by atoms with Crippen molar-refractivity contribution in [1.29, 1.82) is 0 Å². The molecular weight excluding hydrogens is 285 g/mol. The van der Waals surface area contributed by atoms with E-state index in [9.17, 15) is 14.0 Å². The molecule has 1 saturated heterocycles. The van der Waals surface area contributed by atoms with E-state index < -0.39 is 5.82 Å². The number of amides is 2. The Kier molecular flexibility index (Phi) is 5.89. The Morgan fingerprint density at radius 3 is 2.91 bits per heavy atom. The normalized spacial score (nSPS) is 18.1. The number of nitrogens with zero attached hydrogens (tertiary/aromatic N) is 1. The number of rotatable bonds is 5. The van der Waals surface area contributed by atoms with Crippen molar-refractivity contribution < 1.29 is 14.0 Å². The van der Waals surface area contributed by atoms with Crippen LogP contribution in [-0.4, -0.2) is 42.4 Å². The summed E-state index contributed by atoms with van der Waals surface area (Å²) in [4.78, 5) is 25.8. The molecule has 0 aromatic heterocycles. The second-order valence-electron chi connectivity index (χ2n) is 5.50.